The van der Waals surface area contributed by atoms with Crippen LogP contribution in [-0.2, 0) is 14.9 Å². The maximum absolute atomic E-state index is 6.46. The van der Waals surface area contributed by atoms with E-state index in [0.717, 1.165) is 42.3 Å². The summed E-state index contributed by atoms with van der Waals surface area (Å²) in [6, 6.07) is 2.70. The summed E-state index contributed by atoms with van der Waals surface area (Å²) in [7, 11) is 6.81. The third-order valence-electron chi connectivity index (χ3n) is 8.05. The molecule has 6 heterocycles. The zero-order valence-electron chi connectivity index (χ0n) is 17.9. The van der Waals surface area contributed by atoms with Crippen molar-refractivity contribution in [2.45, 2.75) is 30.3 Å². The molecule has 1 unspecified atom stereocenters. The minimum absolute atomic E-state index is 0.302. The number of hydrogen-bond acceptors (Lipinski definition) is 7. The minimum atomic E-state index is -0.302. The van der Waals surface area contributed by atoms with Gasteiger partial charge in [-0.15, -0.1) is 0 Å². The third kappa shape index (κ3) is 2.05. The van der Waals surface area contributed by atoms with E-state index in [-0.39, 0.29) is 5.41 Å². The maximum Gasteiger partial charge on any atom is 0.201 e. The highest BCUT2D eigenvalue weighted by Crippen LogP contribution is 2.66. The smallest absolute Gasteiger partial charge is 0.201 e. The molecule has 0 aromatic heterocycles. The van der Waals surface area contributed by atoms with E-state index in [1.165, 1.54) is 5.57 Å². The molecule has 0 radical (unpaired) electrons. The molecular weight excluding hydrogens is 384 g/mol. The fourth-order valence-corrected chi connectivity index (χ4v) is 6.91. The van der Waals surface area contributed by atoms with Crippen molar-refractivity contribution in [3.05, 3.63) is 23.3 Å². The van der Waals surface area contributed by atoms with Crippen molar-refractivity contribution in [1.29, 1.82) is 0 Å². The molecule has 7 nitrogen and oxygen atoms in total. The van der Waals surface area contributed by atoms with Gasteiger partial charge in [-0.05, 0) is 18.8 Å². The van der Waals surface area contributed by atoms with Crippen LogP contribution >= 0.6 is 0 Å². The quantitative estimate of drug-likeness (QED) is 0.693. The molecule has 160 valence electrons. The molecule has 1 aromatic carbocycles. The van der Waals surface area contributed by atoms with Crippen molar-refractivity contribution in [2.75, 3.05) is 48.2 Å². The highest BCUT2D eigenvalue weighted by atomic mass is 16.5. The normalized spacial score (nSPS) is 38.1. The Balaban J connectivity index is 1.54. The van der Waals surface area contributed by atoms with Gasteiger partial charge in [0.25, 0.3) is 0 Å². The van der Waals surface area contributed by atoms with E-state index >= 15 is 0 Å². The molecule has 0 saturated carbocycles. The second-order valence-electron chi connectivity index (χ2n) is 8.94. The van der Waals surface area contributed by atoms with Gasteiger partial charge in [0.05, 0.1) is 40.0 Å². The summed E-state index contributed by atoms with van der Waals surface area (Å²) in [5.74, 6) is 4.03. The zero-order valence-corrected chi connectivity index (χ0v) is 17.9. The summed E-state index contributed by atoms with van der Waals surface area (Å²) in [4.78, 5) is 7.70. The van der Waals surface area contributed by atoms with Gasteiger partial charge in [-0.3, -0.25) is 4.90 Å². The standard InChI is InChI=1S/C23H28N2O5/c1-26-6-5-12-10-25-15-9-23-18(25)7-13(12)14(15)11-30-22(23)24-20-16(27-2)8-17(28-3)21(29-4)19(20)23/h5,8,13-15,18H,6-7,9-11H2,1-4H3/b12-5-/t13-,14-,15+,18+,23-/m1/s1. The van der Waals surface area contributed by atoms with Crippen LogP contribution < -0.4 is 14.2 Å². The summed E-state index contributed by atoms with van der Waals surface area (Å²) in [5.41, 5.74) is 3.12. The first kappa shape index (κ1) is 18.5. The van der Waals surface area contributed by atoms with Gasteiger partial charge in [-0.1, -0.05) is 11.6 Å². The van der Waals surface area contributed by atoms with Crippen molar-refractivity contribution >= 4 is 11.6 Å². The molecule has 1 spiro atoms. The lowest BCUT2D eigenvalue weighted by molar-refractivity contribution is -0.0156. The van der Waals surface area contributed by atoms with Gasteiger partial charge in [-0.2, -0.15) is 0 Å². The Morgan fingerprint density at radius 3 is 2.77 bits per heavy atom. The van der Waals surface area contributed by atoms with Gasteiger partial charge in [0.1, 0.15) is 11.4 Å². The molecule has 7 rings (SSSR count). The van der Waals surface area contributed by atoms with Gasteiger partial charge in [0.15, 0.2) is 11.5 Å². The minimum Gasteiger partial charge on any atom is -0.494 e. The molecule has 7 heteroatoms. The maximum atomic E-state index is 6.46. The van der Waals surface area contributed by atoms with Crippen LogP contribution in [0.4, 0.5) is 5.69 Å². The lowest BCUT2D eigenvalue weighted by Gasteiger charge is -2.54. The number of piperidine rings is 3. The number of benzene rings is 1. The number of ether oxygens (including phenoxy) is 5. The highest BCUT2D eigenvalue weighted by Gasteiger charge is 2.70. The summed E-state index contributed by atoms with van der Waals surface area (Å²) in [6.07, 6.45) is 4.40. The third-order valence-corrected chi connectivity index (χ3v) is 8.05. The Morgan fingerprint density at radius 2 is 2.03 bits per heavy atom. The van der Waals surface area contributed by atoms with E-state index in [9.17, 15) is 0 Å². The first-order valence-corrected chi connectivity index (χ1v) is 10.7. The SMILES string of the molecule is COC/C=C1/CN2[C@H]3C[C@H]1[C@H]1COC4=Nc5c(OC)cc(OC)c(OC)c5[C@]43C[C@@H]12. The Hall–Kier alpha value is -2.25. The van der Waals surface area contributed by atoms with Crippen LogP contribution in [0.1, 0.15) is 18.4 Å². The topological polar surface area (TPSA) is 61.8 Å². The molecule has 0 amide bonds. The number of nitrogens with zero attached hydrogens (tertiary/aromatic N) is 2. The van der Waals surface area contributed by atoms with Crippen LogP contribution in [0.2, 0.25) is 0 Å². The summed E-state index contributed by atoms with van der Waals surface area (Å²) in [5, 5.41) is 0. The molecule has 5 bridgehead atoms. The summed E-state index contributed by atoms with van der Waals surface area (Å²) >= 11 is 0. The second kappa shape index (κ2) is 6.37. The first-order chi connectivity index (χ1) is 14.7. The predicted molar refractivity (Wildman–Crippen MR) is 111 cm³/mol. The van der Waals surface area contributed by atoms with Crippen molar-refractivity contribution in [3.63, 3.8) is 0 Å². The largest absolute Gasteiger partial charge is 0.494 e. The number of rotatable bonds is 5. The molecule has 1 aromatic rings. The van der Waals surface area contributed by atoms with Crippen molar-refractivity contribution < 1.29 is 23.7 Å². The molecule has 5 fully saturated rings. The average molecular weight is 412 g/mol. The van der Waals surface area contributed by atoms with Crippen LogP contribution in [0.25, 0.3) is 0 Å². The molecule has 0 N–H and O–H groups in total. The van der Waals surface area contributed by atoms with Crippen molar-refractivity contribution in [1.82, 2.24) is 4.90 Å². The Morgan fingerprint density at radius 1 is 1.20 bits per heavy atom. The fraction of sp³-hybridized carbons (Fsp3) is 0.609. The van der Waals surface area contributed by atoms with Gasteiger partial charge < -0.3 is 23.7 Å². The van der Waals surface area contributed by atoms with Gasteiger partial charge in [0, 0.05) is 43.3 Å². The van der Waals surface area contributed by atoms with Crippen LogP contribution in [0.15, 0.2) is 22.7 Å². The predicted octanol–water partition coefficient (Wildman–Crippen LogP) is 2.69. The molecular formula is C23H28N2O5. The van der Waals surface area contributed by atoms with Crippen LogP contribution in [0.3, 0.4) is 0 Å². The van der Waals surface area contributed by atoms with E-state index in [0.29, 0.717) is 48.6 Å². The molecule has 30 heavy (non-hydrogen) atoms. The van der Waals surface area contributed by atoms with Crippen LogP contribution in [0, 0.1) is 11.8 Å². The number of aliphatic imine (C=N–C) groups is 1. The van der Waals surface area contributed by atoms with Gasteiger partial charge in [0.2, 0.25) is 5.90 Å². The second-order valence-corrected chi connectivity index (χ2v) is 8.94. The molecule has 6 aliphatic rings. The van der Waals surface area contributed by atoms with Crippen LogP contribution in [0.5, 0.6) is 17.2 Å². The average Bonchev–Trinajstić information content (AvgIpc) is 3.14. The molecule has 6 aliphatic heterocycles. The van der Waals surface area contributed by atoms with Gasteiger partial charge in [-0.25, -0.2) is 4.99 Å². The zero-order chi connectivity index (χ0) is 20.6. The van der Waals surface area contributed by atoms with Crippen LogP contribution in [-0.4, -0.2) is 71.1 Å². The number of methoxy groups -OCH3 is 4. The lowest BCUT2D eigenvalue weighted by atomic mass is 9.68. The molecule has 6 atom stereocenters. The van der Waals surface area contributed by atoms with E-state index in [1.54, 1.807) is 28.4 Å². The van der Waals surface area contributed by atoms with E-state index in [4.69, 9.17) is 28.7 Å². The van der Waals surface area contributed by atoms with E-state index in [1.807, 2.05) is 6.07 Å². The Labute approximate surface area is 176 Å². The Kier molecular flexibility index (Phi) is 3.93. The van der Waals surface area contributed by atoms with E-state index < -0.39 is 0 Å². The Bertz CT molecular complexity index is 973. The number of fused-ring (bicyclic) bond motifs is 2. The molecule has 5 saturated heterocycles. The molecule has 0 aliphatic carbocycles. The van der Waals surface area contributed by atoms with Crippen molar-refractivity contribution in [2.24, 2.45) is 16.8 Å². The van der Waals surface area contributed by atoms with Crippen molar-refractivity contribution in [3.8, 4) is 17.2 Å². The summed E-state index contributed by atoms with van der Waals surface area (Å²) in [6.45, 7) is 2.39. The van der Waals surface area contributed by atoms with Gasteiger partial charge >= 0.3 is 0 Å². The van der Waals surface area contributed by atoms with E-state index in [2.05, 4.69) is 11.0 Å². The first-order valence-electron chi connectivity index (χ1n) is 10.7. The highest BCUT2D eigenvalue weighted by molar-refractivity contribution is 6.01. The number of hydrogen-bond donors (Lipinski definition) is 0. The fourth-order valence-electron chi connectivity index (χ4n) is 6.91. The lowest BCUT2D eigenvalue weighted by Crippen LogP contribution is -2.61. The monoisotopic (exact) mass is 412 g/mol. The summed E-state index contributed by atoms with van der Waals surface area (Å²) < 4.78 is 29.1.